The van der Waals surface area contributed by atoms with Gasteiger partial charge < -0.3 is 19.7 Å². The molecular weight excluding hydrogens is 967 g/mol. The molecule has 3 aromatic heterocycles. The summed E-state index contributed by atoms with van der Waals surface area (Å²) in [6, 6.07) is 29.1. The number of hydrogen-bond acceptors (Lipinski definition) is 13. The summed E-state index contributed by atoms with van der Waals surface area (Å²) >= 11 is 1.44. The Morgan fingerprint density at radius 3 is 2.45 bits per heavy atom. The van der Waals surface area contributed by atoms with Crippen molar-refractivity contribution in [2.24, 2.45) is 18.9 Å². The summed E-state index contributed by atoms with van der Waals surface area (Å²) in [6.45, 7) is 13.4. The summed E-state index contributed by atoms with van der Waals surface area (Å²) in [7, 11) is 1.81. The molecule has 4 amide bonds. The van der Waals surface area contributed by atoms with E-state index >= 15 is 0 Å². The zero-order chi connectivity index (χ0) is 52.5. The number of pyridine rings is 1. The molecule has 3 aliphatic heterocycles. The average Bonchev–Trinajstić information content (AvgIpc) is 3.95. The SMILES string of the molecule is Cc1cc(OCCC(C)C2CCN(CC(=O)Nc3ccc4c(C5CCC(=O)NC5=O)nn(C)c4c3)CC2)ccc1-c1ccc(N2CCc3cccc(C(=O)Nc4nc5ccccc5s4)c3C2)nc1C(=O)OC(C)(C)C. The van der Waals surface area contributed by atoms with Gasteiger partial charge >= 0.3 is 5.97 Å². The van der Waals surface area contributed by atoms with Crippen molar-refractivity contribution < 1.29 is 33.4 Å². The van der Waals surface area contributed by atoms with Crippen LogP contribution in [0.15, 0.2) is 91.0 Å². The zero-order valence-corrected chi connectivity index (χ0v) is 44.1. The minimum absolute atomic E-state index is 0.0820. The van der Waals surface area contributed by atoms with Crippen molar-refractivity contribution >= 4 is 78.7 Å². The summed E-state index contributed by atoms with van der Waals surface area (Å²) < 4.78 is 15.0. The third-order valence-corrected chi connectivity index (χ3v) is 15.6. The number of imide groups is 1. The number of likely N-dealkylation sites (tertiary alicyclic amines) is 1. The molecule has 17 heteroatoms. The number of nitrogens with zero attached hydrogens (tertiary/aromatic N) is 6. The number of carbonyl (C=O) groups excluding carboxylic acids is 5. The maximum absolute atomic E-state index is 14.0. The van der Waals surface area contributed by atoms with Crippen LogP contribution in [-0.4, -0.2) is 92.6 Å². The topological polar surface area (TPSA) is 190 Å². The van der Waals surface area contributed by atoms with Crippen LogP contribution in [0.5, 0.6) is 5.75 Å². The van der Waals surface area contributed by atoms with Gasteiger partial charge in [-0.1, -0.05) is 48.6 Å². The molecule has 7 aromatic rings. The number of rotatable bonds is 14. The van der Waals surface area contributed by atoms with Crippen LogP contribution in [-0.2, 0) is 39.1 Å². The van der Waals surface area contributed by atoms with E-state index in [-0.39, 0.29) is 35.7 Å². The number of thiazole rings is 1. The summed E-state index contributed by atoms with van der Waals surface area (Å²) in [5.41, 5.74) is 7.47. The molecule has 0 saturated carbocycles. The Morgan fingerprint density at radius 2 is 1.68 bits per heavy atom. The highest BCUT2D eigenvalue weighted by Gasteiger charge is 2.33. The molecule has 3 aliphatic rings. The highest BCUT2D eigenvalue weighted by Crippen LogP contribution is 2.36. The molecule has 388 valence electrons. The van der Waals surface area contributed by atoms with Gasteiger partial charge in [-0.2, -0.15) is 5.10 Å². The highest BCUT2D eigenvalue weighted by atomic mass is 32.1. The molecule has 10 rings (SSSR count). The van der Waals surface area contributed by atoms with Gasteiger partial charge in [-0.15, -0.1) is 0 Å². The smallest absolute Gasteiger partial charge is 0.358 e. The van der Waals surface area contributed by atoms with Gasteiger partial charge in [0.15, 0.2) is 10.8 Å². The Labute approximate surface area is 440 Å². The molecule has 6 heterocycles. The summed E-state index contributed by atoms with van der Waals surface area (Å²) in [5.74, 6) is 0.422. The van der Waals surface area contributed by atoms with Gasteiger partial charge in [0, 0.05) is 48.8 Å². The Balaban J connectivity index is 0.733. The first-order valence-corrected chi connectivity index (χ1v) is 26.7. The van der Waals surface area contributed by atoms with E-state index in [9.17, 15) is 24.0 Å². The van der Waals surface area contributed by atoms with Crippen LogP contribution in [0.1, 0.15) is 109 Å². The molecular formula is C58H63N9O7S. The normalized spacial score (nSPS) is 16.9. The minimum atomic E-state index is -0.743. The van der Waals surface area contributed by atoms with Crippen molar-refractivity contribution in [2.75, 3.05) is 48.3 Å². The lowest BCUT2D eigenvalue weighted by Crippen LogP contribution is -2.40. The quantitative estimate of drug-likeness (QED) is 0.0692. The number of esters is 1. The van der Waals surface area contributed by atoms with Crippen molar-refractivity contribution in [3.8, 4) is 16.9 Å². The largest absolute Gasteiger partial charge is 0.494 e. The monoisotopic (exact) mass is 1030 g/mol. The van der Waals surface area contributed by atoms with Gasteiger partial charge in [-0.25, -0.2) is 14.8 Å². The first-order valence-electron chi connectivity index (χ1n) is 25.9. The third kappa shape index (κ3) is 11.4. The van der Waals surface area contributed by atoms with E-state index in [1.807, 2.05) is 120 Å². The first-order chi connectivity index (χ1) is 36.0. The van der Waals surface area contributed by atoms with Crippen molar-refractivity contribution in [3.63, 3.8) is 0 Å². The fourth-order valence-electron chi connectivity index (χ4n) is 10.7. The van der Waals surface area contributed by atoms with Gasteiger partial charge in [-0.05, 0) is 168 Å². The maximum Gasteiger partial charge on any atom is 0.358 e. The molecule has 2 atom stereocenters. The van der Waals surface area contributed by atoms with Crippen LogP contribution < -0.4 is 25.6 Å². The van der Waals surface area contributed by atoms with Crippen molar-refractivity contribution in [1.29, 1.82) is 0 Å². The third-order valence-electron chi connectivity index (χ3n) is 14.7. The molecule has 0 radical (unpaired) electrons. The van der Waals surface area contributed by atoms with E-state index in [4.69, 9.17) is 14.5 Å². The Morgan fingerprint density at radius 1 is 0.880 bits per heavy atom. The lowest BCUT2D eigenvalue weighted by Gasteiger charge is -2.34. The van der Waals surface area contributed by atoms with Crippen LogP contribution in [0.4, 0.5) is 16.6 Å². The Kier molecular flexibility index (Phi) is 14.5. The molecule has 2 fully saturated rings. The summed E-state index contributed by atoms with van der Waals surface area (Å²) in [4.78, 5) is 79.2. The van der Waals surface area contributed by atoms with Crippen LogP contribution in [0, 0.1) is 18.8 Å². The van der Waals surface area contributed by atoms with E-state index in [0.29, 0.717) is 84.4 Å². The summed E-state index contributed by atoms with van der Waals surface area (Å²) in [5, 5.41) is 14.5. The first kappa shape index (κ1) is 51.0. The molecule has 2 unspecified atom stereocenters. The van der Waals surface area contributed by atoms with Crippen LogP contribution >= 0.6 is 11.3 Å². The van der Waals surface area contributed by atoms with E-state index < -0.39 is 17.5 Å². The van der Waals surface area contributed by atoms with Crippen LogP contribution in [0.3, 0.4) is 0 Å². The fraction of sp³-hybridized carbons (Fsp3) is 0.379. The number of carbonyl (C=O) groups is 5. The number of ether oxygens (including phenoxy) is 2. The van der Waals surface area contributed by atoms with Crippen molar-refractivity contribution in [1.82, 2.24) is 30.0 Å². The van der Waals surface area contributed by atoms with Gasteiger partial charge in [0.1, 0.15) is 17.2 Å². The summed E-state index contributed by atoms with van der Waals surface area (Å²) in [6.07, 6.45) is 4.28. The Bertz CT molecular complexity index is 3320. The predicted molar refractivity (Wildman–Crippen MR) is 291 cm³/mol. The second kappa shape index (κ2) is 21.4. The number of piperidine rings is 2. The average molecular weight is 1030 g/mol. The predicted octanol–water partition coefficient (Wildman–Crippen LogP) is 9.60. The molecule has 75 heavy (non-hydrogen) atoms. The maximum atomic E-state index is 14.0. The molecule has 4 aromatic carbocycles. The van der Waals surface area contributed by atoms with Gasteiger partial charge in [0.25, 0.3) is 5.91 Å². The number of benzene rings is 4. The van der Waals surface area contributed by atoms with Crippen molar-refractivity contribution in [3.05, 3.63) is 125 Å². The Hall–Kier alpha value is -7.50. The number of aryl methyl sites for hydroxylation is 2. The lowest BCUT2D eigenvalue weighted by atomic mass is 9.84. The van der Waals surface area contributed by atoms with E-state index in [0.717, 1.165) is 81.5 Å². The van der Waals surface area contributed by atoms with Crippen LogP contribution in [0.25, 0.3) is 32.2 Å². The van der Waals surface area contributed by atoms with Crippen molar-refractivity contribution in [2.45, 2.75) is 91.2 Å². The van der Waals surface area contributed by atoms with Gasteiger partial charge in [0.2, 0.25) is 17.7 Å². The minimum Gasteiger partial charge on any atom is -0.494 e. The molecule has 0 bridgehead atoms. The molecule has 2 saturated heterocycles. The standard InChI is InChI=1S/C58H63N9O7S/c1-34(36-22-26-66(27-23-36)33-51(69)59-38-14-16-43-47(31-38)65(6)64-52(43)44-19-21-50(68)62-55(44)71)25-29-73-39-15-17-40(35(2)30-39)41-18-20-49(61-53(41)56(72)74-58(3,4)5)67-28-24-37-10-9-11-42(45(37)32-67)54(70)63-57-60-46-12-7-8-13-48(46)75-57/h7-18,20,30-31,34,36,44H,19,21-29,32-33H2,1-6H3,(H,59,69)(H,60,63,70)(H,62,68,71). The number of amides is 4. The number of aromatic nitrogens is 4. The molecule has 3 N–H and O–H groups in total. The van der Waals surface area contributed by atoms with E-state index in [1.54, 1.807) is 4.68 Å². The fourth-order valence-corrected chi connectivity index (χ4v) is 11.5. The van der Waals surface area contributed by atoms with Gasteiger partial charge in [0.05, 0.1) is 40.5 Å². The zero-order valence-electron chi connectivity index (χ0n) is 43.3. The number of para-hydroxylation sites is 1. The molecule has 0 spiro atoms. The lowest BCUT2D eigenvalue weighted by molar-refractivity contribution is -0.134. The van der Waals surface area contributed by atoms with Gasteiger partial charge in [-0.3, -0.25) is 39.4 Å². The highest BCUT2D eigenvalue weighted by molar-refractivity contribution is 7.22. The van der Waals surface area contributed by atoms with E-state index in [1.165, 1.54) is 11.3 Å². The van der Waals surface area contributed by atoms with E-state index in [2.05, 4.69) is 48.8 Å². The number of nitrogens with one attached hydrogen (secondary N) is 3. The number of fused-ring (bicyclic) bond motifs is 3. The second-order valence-electron chi connectivity index (χ2n) is 21.1. The number of hydrogen-bond donors (Lipinski definition) is 3. The molecule has 0 aliphatic carbocycles. The second-order valence-corrected chi connectivity index (χ2v) is 22.2. The van der Waals surface area contributed by atoms with Crippen LogP contribution in [0.2, 0.25) is 0 Å². The number of anilines is 3. The molecule has 16 nitrogen and oxygen atoms in total.